The van der Waals surface area contributed by atoms with Gasteiger partial charge in [0.25, 0.3) is 6.43 Å². The van der Waals surface area contributed by atoms with E-state index in [1.54, 1.807) is 0 Å². The fourth-order valence-electron chi connectivity index (χ4n) is 1.24. The van der Waals surface area contributed by atoms with Crippen LogP contribution in [0.25, 0.3) is 0 Å². The predicted octanol–water partition coefficient (Wildman–Crippen LogP) is 2.40. The van der Waals surface area contributed by atoms with Crippen molar-refractivity contribution >= 4 is 5.97 Å². The average molecular weight is 251 g/mol. The number of alkyl halides is 2. The summed E-state index contributed by atoms with van der Waals surface area (Å²) in [6.07, 6.45) is -3.86. The van der Waals surface area contributed by atoms with E-state index in [4.69, 9.17) is 0 Å². The molecule has 0 aliphatic rings. The third-order valence-electron chi connectivity index (χ3n) is 1.90. The highest BCUT2D eigenvalue weighted by atomic mass is 19.3. The van der Waals surface area contributed by atoms with Crippen molar-refractivity contribution in [2.24, 2.45) is 0 Å². The van der Waals surface area contributed by atoms with E-state index in [1.165, 1.54) is 6.92 Å². The second kappa shape index (κ2) is 5.60. The number of aromatic nitrogens is 1. The van der Waals surface area contributed by atoms with Gasteiger partial charge in [0, 0.05) is 11.6 Å². The molecule has 3 nitrogen and oxygen atoms in total. The largest absolute Gasteiger partial charge is 0.466 e. The van der Waals surface area contributed by atoms with Gasteiger partial charge in [-0.1, -0.05) is 0 Å². The number of hydrogen-bond acceptors (Lipinski definition) is 3. The topological polar surface area (TPSA) is 39.2 Å². The molecule has 0 aliphatic heterocycles. The van der Waals surface area contributed by atoms with Crippen LogP contribution in [0, 0.1) is 11.8 Å². The lowest BCUT2D eigenvalue weighted by molar-refractivity contribution is -0.142. The van der Waals surface area contributed by atoms with E-state index in [1.807, 2.05) is 0 Å². The Balaban J connectivity index is 3.08. The summed E-state index contributed by atoms with van der Waals surface area (Å²) in [6.45, 7) is 1.56. The number of nitrogens with zero attached hydrogens (tertiary/aromatic N) is 1. The van der Waals surface area contributed by atoms with Crippen LogP contribution in [0.3, 0.4) is 0 Å². The Labute approximate surface area is 94.4 Å². The van der Waals surface area contributed by atoms with Crippen LogP contribution in [0.15, 0.2) is 6.07 Å². The third-order valence-corrected chi connectivity index (χ3v) is 1.90. The number of pyridine rings is 1. The van der Waals surface area contributed by atoms with Gasteiger partial charge in [-0.3, -0.25) is 4.79 Å². The van der Waals surface area contributed by atoms with Gasteiger partial charge in [0.1, 0.15) is 11.5 Å². The van der Waals surface area contributed by atoms with Crippen molar-refractivity contribution in [1.29, 1.82) is 0 Å². The van der Waals surface area contributed by atoms with Gasteiger partial charge >= 0.3 is 5.97 Å². The summed E-state index contributed by atoms with van der Waals surface area (Å²) in [6, 6.07) is 0.348. The molecule has 0 aliphatic carbocycles. The lowest BCUT2D eigenvalue weighted by Crippen LogP contribution is -2.13. The van der Waals surface area contributed by atoms with Gasteiger partial charge in [-0.05, 0) is 6.92 Å². The first-order valence-corrected chi connectivity index (χ1v) is 4.74. The molecule has 0 atom stereocenters. The van der Waals surface area contributed by atoms with E-state index in [0.717, 1.165) is 0 Å². The number of hydrogen-bond donors (Lipinski definition) is 0. The summed E-state index contributed by atoms with van der Waals surface area (Å²) in [5.74, 6) is -3.46. The zero-order chi connectivity index (χ0) is 13.0. The highest BCUT2D eigenvalue weighted by Crippen LogP contribution is 2.24. The summed E-state index contributed by atoms with van der Waals surface area (Å²) in [5, 5.41) is 0. The van der Waals surface area contributed by atoms with E-state index >= 15 is 0 Å². The first-order valence-electron chi connectivity index (χ1n) is 4.74. The molecule has 17 heavy (non-hydrogen) atoms. The quantitative estimate of drug-likeness (QED) is 0.468. The molecule has 1 aromatic rings. The van der Waals surface area contributed by atoms with Gasteiger partial charge in [-0.15, -0.1) is 0 Å². The smallest absolute Gasteiger partial charge is 0.310 e. The number of rotatable bonds is 4. The molecule has 0 amide bonds. The molecule has 1 heterocycles. The summed E-state index contributed by atoms with van der Waals surface area (Å²) in [4.78, 5) is 14.0. The molecule has 1 aromatic heterocycles. The highest BCUT2D eigenvalue weighted by molar-refractivity contribution is 5.73. The van der Waals surface area contributed by atoms with Crippen molar-refractivity contribution in [3.63, 3.8) is 0 Å². The summed E-state index contributed by atoms with van der Waals surface area (Å²) in [7, 11) is 0. The summed E-state index contributed by atoms with van der Waals surface area (Å²) in [5.41, 5.74) is -1.71. The maximum atomic E-state index is 13.3. The first-order chi connectivity index (χ1) is 7.95. The van der Waals surface area contributed by atoms with Gasteiger partial charge in [0.2, 0.25) is 5.95 Å². The standard InChI is InChI=1S/C10H9F4NO2/c1-2-17-8(16)3-5-6(11)4-7(12)15-9(5)10(13)14/h4,10H,2-3H2,1H3. The summed E-state index contributed by atoms with van der Waals surface area (Å²) >= 11 is 0. The Kier molecular flexibility index (Phi) is 4.42. The van der Waals surface area contributed by atoms with E-state index in [2.05, 4.69) is 9.72 Å². The molecule has 0 saturated carbocycles. The lowest BCUT2D eigenvalue weighted by atomic mass is 10.1. The number of halogens is 4. The zero-order valence-electron chi connectivity index (χ0n) is 8.84. The van der Waals surface area contributed by atoms with Crippen LogP contribution >= 0.6 is 0 Å². The Morgan fingerprint density at radius 2 is 2.12 bits per heavy atom. The fourth-order valence-corrected chi connectivity index (χ4v) is 1.24. The molecular formula is C10H9F4NO2. The molecule has 7 heteroatoms. The Morgan fingerprint density at radius 3 is 2.65 bits per heavy atom. The molecule has 0 spiro atoms. The maximum absolute atomic E-state index is 13.3. The van der Waals surface area contributed by atoms with Crippen molar-refractivity contribution in [2.45, 2.75) is 19.8 Å². The van der Waals surface area contributed by atoms with Crippen molar-refractivity contribution in [3.8, 4) is 0 Å². The van der Waals surface area contributed by atoms with Gasteiger partial charge in [-0.25, -0.2) is 18.2 Å². The minimum Gasteiger partial charge on any atom is -0.466 e. The van der Waals surface area contributed by atoms with Gasteiger partial charge < -0.3 is 4.74 Å². The number of esters is 1. The molecular weight excluding hydrogens is 242 g/mol. The average Bonchev–Trinajstić information content (AvgIpc) is 2.21. The van der Waals surface area contributed by atoms with Crippen molar-refractivity contribution in [2.75, 3.05) is 6.61 Å². The lowest BCUT2D eigenvalue weighted by Gasteiger charge is -2.08. The van der Waals surface area contributed by atoms with Crippen LogP contribution in [-0.2, 0) is 16.0 Å². The molecule has 0 aromatic carbocycles. The van der Waals surface area contributed by atoms with Crippen molar-refractivity contribution < 1.29 is 27.1 Å². The second-order valence-corrected chi connectivity index (χ2v) is 3.07. The SMILES string of the molecule is CCOC(=O)Cc1c(F)cc(F)nc1C(F)F. The summed E-state index contributed by atoms with van der Waals surface area (Å²) < 4.78 is 55.3. The molecule has 94 valence electrons. The molecule has 0 N–H and O–H groups in total. The second-order valence-electron chi connectivity index (χ2n) is 3.07. The van der Waals surface area contributed by atoms with Crippen LogP contribution < -0.4 is 0 Å². The normalized spacial score (nSPS) is 10.7. The van der Waals surface area contributed by atoms with Crippen LogP contribution in [0.1, 0.15) is 24.6 Å². The highest BCUT2D eigenvalue weighted by Gasteiger charge is 2.22. The van der Waals surface area contributed by atoms with Crippen LogP contribution in [0.2, 0.25) is 0 Å². The number of carbonyl (C=O) groups excluding carboxylic acids is 1. The molecule has 1 rings (SSSR count). The third kappa shape index (κ3) is 3.40. The van der Waals surface area contributed by atoms with Gasteiger partial charge in [-0.2, -0.15) is 4.39 Å². The molecule has 0 radical (unpaired) electrons. The van der Waals surface area contributed by atoms with E-state index in [0.29, 0.717) is 6.07 Å². The zero-order valence-corrected chi connectivity index (χ0v) is 8.84. The van der Waals surface area contributed by atoms with Gasteiger partial charge in [0.05, 0.1) is 13.0 Å². The van der Waals surface area contributed by atoms with Crippen LogP contribution in [0.5, 0.6) is 0 Å². The fraction of sp³-hybridized carbons (Fsp3) is 0.400. The molecule has 0 saturated heterocycles. The molecule has 0 unspecified atom stereocenters. The van der Waals surface area contributed by atoms with Crippen LogP contribution in [0.4, 0.5) is 17.6 Å². The number of ether oxygens (including phenoxy) is 1. The van der Waals surface area contributed by atoms with Crippen LogP contribution in [-0.4, -0.2) is 17.6 Å². The minimum atomic E-state index is -3.16. The van der Waals surface area contributed by atoms with E-state index in [9.17, 15) is 22.4 Å². The monoisotopic (exact) mass is 251 g/mol. The Morgan fingerprint density at radius 1 is 1.47 bits per heavy atom. The van der Waals surface area contributed by atoms with Crippen molar-refractivity contribution in [3.05, 3.63) is 29.1 Å². The predicted molar refractivity (Wildman–Crippen MR) is 49.4 cm³/mol. The molecule has 0 fully saturated rings. The van der Waals surface area contributed by atoms with E-state index < -0.39 is 41.8 Å². The maximum Gasteiger partial charge on any atom is 0.310 e. The minimum absolute atomic E-state index is 0.0408. The van der Waals surface area contributed by atoms with Crippen molar-refractivity contribution in [1.82, 2.24) is 4.98 Å². The Hall–Kier alpha value is -1.66. The van der Waals surface area contributed by atoms with Gasteiger partial charge in [0.15, 0.2) is 0 Å². The molecule has 0 bridgehead atoms. The van der Waals surface area contributed by atoms with E-state index in [-0.39, 0.29) is 6.61 Å². The Bertz CT molecular complexity index is 423. The first kappa shape index (κ1) is 13.4. The number of carbonyl (C=O) groups is 1.